The minimum Gasteiger partial charge on any atom is -0.478 e. The number of aldehydes is 1. The molecule has 1 aromatic carbocycles. The van der Waals surface area contributed by atoms with Gasteiger partial charge in [-0.2, -0.15) is 5.26 Å². The molecule has 2 rings (SSSR count). The number of carbonyl (C=O) groups is 2. The summed E-state index contributed by atoms with van der Waals surface area (Å²) in [6, 6.07) is 8.93. The Morgan fingerprint density at radius 1 is 1.45 bits per heavy atom. The summed E-state index contributed by atoms with van der Waals surface area (Å²) in [7, 11) is 0. The van der Waals surface area contributed by atoms with E-state index in [4.69, 9.17) is 5.26 Å². The third-order valence-electron chi connectivity index (χ3n) is 3.13. The number of carboxylic acid groups (broad SMARTS) is 1. The molecule has 0 saturated carbocycles. The molecule has 2 aromatic rings. The van der Waals surface area contributed by atoms with Gasteiger partial charge in [-0.3, -0.25) is 4.79 Å². The van der Waals surface area contributed by atoms with Gasteiger partial charge in [0, 0.05) is 5.56 Å². The fourth-order valence-electron chi connectivity index (χ4n) is 2.27. The fourth-order valence-corrected chi connectivity index (χ4v) is 2.27. The second-order valence-corrected chi connectivity index (χ2v) is 4.20. The molecule has 0 atom stereocenters. The summed E-state index contributed by atoms with van der Waals surface area (Å²) >= 11 is 0. The first-order chi connectivity index (χ1) is 9.63. The third kappa shape index (κ3) is 2.08. The Kier molecular flexibility index (Phi) is 3.67. The normalized spacial score (nSPS) is 10.0. The van der Waals surface area contributed by atoms with Gasteiger partial charge in [-0.1, -0.05) is 25.1 Å². The molecule has 1 heterocycles. The van der Waals surface area contributed by atoms with Crippen LogP contribution in [0.1, 0.15) is 38.9 Å². The predicted molar refractivity (Wildman–Crippen MR) is 72.7 cm³/mol. The molecular weight excluding hydrogens is 256 g/mol. The lowest BCUT2D eigenvalue weighted by Gasteiger charge is -2.05. The lowest BCUT2D eigenvalue weighted by molar-refractivity contribution is 0.0693. The number of aromatic nitrogens is 1. The van der Waals surface area contributed by atoms with Gasteiger partial charge in [-0.05, 0) is 18.1 Å². The van der Waals surface area contributed by atoms with Crippen molar-refractivity contribution in [1.82, 2.24) is 4.98 Å². The van der Waals surface area contributed by atoms with Gasteiger partial charge < -0.3 is 10.1 Å². The first kappa shape index (κ1) is 13.6. The number of benzene rings is 1. The Balaban J connectivity index is 2.79. The maximum Gasteiger partial charge on any atom is 0.338 e. The highest BCUT2D eigenvalue weighted by Crippen LogP contribution is 2.30. The number of nitrogens with zero attached hydrogens (tertiary/aromatic N) is 1. The molecule has 0 aliphatic carbocycles. The van der Waals surface area contributed by atoms with Crippen LogP contribution >= 0.6 is 0 Å². The van der Waals surface area contributed by atoms with E-state index in [-0.39, 0.29) is 11.3 Å². The third-order valence-corrected chi connectivity index (χ3v) is 3.13. The van der Waals surface area contributed by atoms with E-state index in [0.29, 0.717) is 35.1 Å². The number of nitriles is 1. The quantitative estimate of drug-likeness (QED) is 0.833. The van der Waals surface area contributed by atoms with Gasteiger partial charge in [0.25, 0.3) is 0 Å². The number of aromatic amines is 1. The summed E-state index contributed by atoms with van der Waals surface area (Å²) in [5, 5.41) is 18.4. The number of rotatable bonds is 4. The van der Waals surface area contributed by atoms with Crippen molar-refractivity contribution in [2.24, 2.45) is 0 Å². The van der Waals surface area contributed by atoms with Crippen LogP contribution in [0.5, 0.6) is 0 Å². The minimum atomic E-state index is -1.15. The SMILES string of the molecule is CCc1c(-c2ccccc2C#N)[nH]c(C=O)c1C(=O)O. The van der Waals surface area contributed by atoms with E-state index in [2.05, 4.69) is 11.1 Å². The molecule has 0 spiro atoms. The van der Waals surface area contributed by atoms with Gasteiger partial charge in [0.2, 0.25) is 0 Å². The average molecular weight is 268 g/mol. The molecule has 5 heteroatoms. The van der Waals surface area contributed by atoms with Gasteiger partial charge in [0.1, 0.15) is 0 Å². The van der Waals surface area contributed by atoms with Crippen molar-refractivity contribution < 1.29 is 14.7 Å². The van der Waals surface area contributed by atoms with Crippen LogP contribution in [0.2, 0.25) is 0 Å². The number of H-pyrrole nitrogens is 1. The molecule has 0 bridgehead atoms. The van der Waals surface area contributed by atoms with E-state index in [1.165, 1.54) is 0 Å². The van der Waals surface area contributed by atoms with Gasteiger partial charge in [0.05, 0.1) is 28.6 Å². The molecule has 100 valence electrons. The van der Waals surface area contributed by atoms with Gasteiger partial charge >= 0.3 is 5.97 Å². The monoisotopic (exact) mass is 268 g/mol. The first-order valence-corrected chi connectivity index (χ1v) is 6.06. The van der Waals surface area contributed by atoms with Crippen LogP contribution in [-0.4, -0.2) is 22.3 Å². The molecule has 0 fully saturated rings. The average Bonchev–Trinajstić information content (AvgIpc) is 2.85. The number of hydrogen-bond donors (Lipinski definition) is 2. The van der Waals surface area contributed by atoms with Crippen molar-refractivity contribution in [2.75, 3.05) is 0 Å². The Morgan fingerprint density at radius 3 is 2.70 bits per heavy atom. The highest BCUT2D eigenvalue weighted by Gasteiger charge is 2.23. The highest BCUT2D eigenvalue weighted by atomic mass is 16.4. The summed E-state index contributed by atoms with van der Waals surface area (Å²) < 4.78 is 0. The van der Waals surface area contributed by atoms with Crippen LogP contribution in [0.3, 0.4) is 0 Å². The Hall–Kier alpha value is -2.87. The molecule has 0 aliphatic rings. The van der Waals surface area contributed by atoms with Crippen LogP contribution in [0.4, 0.5) is 0 Å². The molecule has 0 unspecified atom stereocenters. The van der Waals surface area contributed by atoms with Gasteiger partial charge in [-0.25, -0.2) is 4.79 Å². The number of nitrogens with one attached hydrogen (secondary N) is 1. The number of carboxylic acids is 1. The van der Waals surface area contributed by atoms with Crippen LogP contribution in [0.25, 0.3) is 11.3 Å². The standard InChI is InChI=1S/C15H12N2O3/c1-2-10-13(15(19)20)12(8-18)17-14(10)11-6-4-3-5-9(11)7-16/h3-6,8,17H,2H2,1H3,(H,19,20). The second kappa shape index (κ2) is 5.41. The number of carbonyl (C=O) groups excluding carboxylic acids is 1. The predicted octanol–water partition coefficient (Wildman–Crippen LogP) is 2.63. The van der Waals surface area contributed by atoms with E-state index < -0.39 is 5.97 Å². The van der Waals surface area contributed by atoms with E-state index in [0.717, 1.165) is 0 Å². The molecule has 1 aromatic heterocycles. The van der Waals surface area contributed by atoms with Crippen LogP contribution in [-0.2, 0) is 6.42 Å². The smallest absolute Gasteiger partial charge is 0.338 e. The molecule has 0 aliphatic heterocycles. The minimum absolute atomic E-state index is 0.0229. The molecule has 20 heavy (non-hydrogen) atoms. The van der Waals surface area contributed by atoms with Crippen molar-refractivity contribution in [3.63, 3.8) is 0 Å². The van der Waals surface area contributed by atoms with Crippen molar-refractivity contribution in [3.8, 4) is 17.3 Å². The summed E-state index contributed by atoms with van der Waals surface area (Å²) in [6.07, 6.45) is 0.933. The van der Waals surface area contributed by atoms with E-state index >= 15 is 0 Å². The van der Waals surface area contributed by atoms with Crippen LogP contribution in [0.15, 0.2) is 24.3 Å². The summed E-state index contributed by atoms with van der Waals surface area (Å²) in [5.74, 6) is -1.15. The molecule has 2 N–H and O–H groups in total. The van der Waals surface area contributed by atoms with E-state index in [1.807, 2.05) is 6.92 Å². The van der Waals surface area contributed by atoms with Gasteiger partial charge in [-0.15, -0.1) is 0 Å². The molecule has 5 nitrogen and oxygen atoms in total. The topological polar surface area (TPSA) is 94.0 Å². The summed E-state index contributed by atoms with van der Waals surface area (Å²) in [4.78, 5) is 25.2. The van der Waals surface area contributed by atoms with Crippen molar-refractivity contribution in [3.05, 3.63) is 46.6 Å². The van der Waals surface area contributed by atoms with Crippen LogP contribution in [0, 0.1) is 11.3 Å². The van der Waals surface area contributed by atoms with Gasteiger partial charge in [0.15, 0.2) is 6.29 Å². The Bertz CT molecular complexity index is 723. The Labute approximate surface area is 115 Å². The maximum atomic E-state index is 11.3. The molecule has 0 saturated heterocycles. The lowest BCUT2D eigenvalue weighted by atomic mass is 9.98. The fraction of sp³-hybridized carbons (Fsp3) is 0.133. The van der Waals surface area contributed by atoms with E-state index in [9.17, 15) is 14.7 Å². The summed E-state index contributed by atoms with van der Waals surface area (Å²) in [6.45, 7) is 1.81. The van der Waals surface area contributed by atoms with Crippen LogP contribution < -0.4 is 0 Å². The van der Waals surface area contributed by atoms with Crippen molar-refractivity contribution in [1.29, 1.82) is 5.26 Å². The molecule has 0 radical (unpaired) electrons. The van der Waals surface area contributed by atoms with Crippen molar-refractivity contribution in [2.45, 2.75) is 13.3 Å². The summed E-state index contributed by atoms with van der Waals surface area (Å²) in [5.41, 5.74) is 2.08. The van der Waals surface area contributed by atoms with Crippen molar-refractivity contribution >= 4 is 12.3 Å². The zero-order valence-corrected chi connectivity index (χ0v) is 10.8. The lowest BCUT2D eigenvalue weighted by Crippen LogP contribution is -2.02. The molecule has 0 amide bonds. The second-order valence-electron chi connectivity index (χ2n) is 4.20. The number of hydrogen-bond acceptors (Lipinski definition) is 3. The first-order valence-electron chi connectivity index (χ1n) is 6.06. The zero-order valence-electron chi connectivity index (χ0n) is 10.8. The van der Waals surface area contributed by atoms with E-state index in [1.54, 1.807) is 24.3 Å². The Morgan fingerprint density at radius 2 is 2.15 bits per heavy atom. The zero-order chi connectivity index (χ0) is 14.7. The largest absolute Gasteiger partial charge is 0.478 e. The molecular formula is C15H12N2O3. The highest BCUT2D eigenvalue weighted by molar-refractivity contribution is 6.00. The maximum absolute atomic E-state index is 11.3. The number of aromatic carboxylic acids is 1.